The zero-order valence-electron chi connectivity index (χ0n) is 14.6. The Bertz CT molecular complexity index is 1060. The molecule has 0 aliphatic carbocycles. The quantitative estimate of drug-likeness (QED) is 0.760. The van der Waals surface area contributed by atoms with Crippen LogP contribution in [0.15, 0.2) is 53.4 Å². The number of benzene rings is 2. The lowest BCUT2D eigenvalue weighted by atomic mass is 10.0. The van der Waals surface area contributed by atoms with Crippen molar-refractivity contribution in [1.29, 1.82) is 0 Å². The van der Waals surface area contributed by atoms with Crippen LogP contribution in [-0.2, 0) is 29.4 Å². The van der Waals surface area contributed by atoms with E-state index in [2.05, 4.69) is 28.3 Å². The zero-order valence-corrected chi connectivity index (χ0v) is 15.4. The van der Waals surface area contributed by atoms with Crippen molar-refractivity contribution in [2.24, 2.45) is 0 Å². The predicted molar refractivity (Wildman–Crippen MR) is 100 cm³/mol. The average Bonchev–Trinajstić information content (AvgIpc) is 2.95. The maximum Gasteiger partial charge on any atom is 0.240 e. The van der Waals surface area contributed by atoms with Crippen LogP contribution < -0.4 is 4.72 Å². The van der Waals surface area contributed by atoms with Crippen molar-refractivity contribution in [3.8, 4) is 0 Å². The highest BCUT2D eigenvalue weighted by atomic mass is 32.2. The highest BCUT2D eigenvalue weighted by Crippen LogP contribution is 2.31. The van der Waals surface area contributed by atoms with E-state index < -0.39 is 15.8 Å². The van der Waals surface area contributed by atoms with E-state index in [1.165, 1.54) is 40.9 Å². The summed E-state index contributed by atoms with van der Waals surface area (Å²) in [7, 11) is -3.66. The van der Waals surface area contributed by atoms with Crippen molar-refractivity contribution in [3.05, 3.63) is 65.6 Å². The molecule has 0 radical (unpaired) electrons. The van der Waals surface area contributed by atoms with Crippen molar-refractivity contribution in [1.82, 2.24) is 9.29 Å². The minimum absolute atomic E-state index is 0.0938. The van der Waals surface area contributed by atoms with Crippen molar-refractivity contribution in [3.63, 3.8) is 0 Å². The summed E-state index contributed by atoms with van der Waals surface area (Å²) in [6, 6.07) is 13.0. The van der Waals surface area contributed by atoms with Gasteiger partial charge in [-0.3, -0.25) is 0 Å². The maximum absolute atomic E-state index is 13.1. The standard InChI is InChI=1S/C20H21FN2O2S/c1-2-17-18-5-3-4-6-19(18)23-13-15(9-12-20(17)23)22-26(24,25)16-10-7-14(21)8-11-16/h3-8,10-11,15,22H,2,9,12-13H2,1H3. The van der Waals surface area contributed by atoms with Crippen LogP contribution >= 0.6 is 0 Å². The molecule has 1 unspecified atom stereocenters. The fraction of sp³-hybridized carbons (Fsp3) is 0.300. The first-order chi connectivity index (χ1) is 12.5. The van der Waals surface area contributed by atoms with E-state index in [4.69, 9.17) is 0 Å². The molecule has 1 aliphatic heterocycles. The first kappa shape index (κ1) is 17.2. The minimum Gasteiger partial charge on any atom is -0.343 e. The third kappa shape index (κ3) is 2.93. The molecule has 136 valence electrons. The number of rotatable bonds is 4. The summed E-state index contributed by atoms with van der Waals surface area (Å²) in [6.45, 7) is 2.77. The van der Waals surface area contributed by atoms with Gasteiger partial charge in [0.2, 0.25) is 10.0 Å². The summed E-state index contributed by atoms with van der Waals surface area (Å²) in [5.74, 6) is -0.447. The number of hydrogen-bond acceptors (Lipinski definition) is 2. The molecule has 0 saturated heterocycles. The lowest BCUT2D eigenvalue weighted by molar-refractivity contribution is 0.432. The Morgan fingerprint density at radius 2 is 1.88 bits per heavy atom. The summed E-state index contributed by atoms with van der Waals surface area (Å²) < 4.78 is 43.3. The lowest BCUT2D eigenvalue weighted by Gasteiger charge is -2.26. The molecule has 4 nitrogen and oxygen atoms in total. The molecule has 0 amide bonds. The highest BCUT2D eigenvalue weighted by Gasteiger charge is 2.27. The van der Waals surface area contributed by atoms with Crippen LogP contribution in [0.1, 0.15) is 24.6 Å². The lowest BCUT2D eigenvalue weighted by Crippen LogP contribution is -2.40. The number of aromatic nitrogens is 1. The van der Waals surface area contributed by atoms with E-state index in [1.807, 2.05) is 12.1 Å². The molecule has 0 fully saturated rings. The van der Waals surface area contributed by atoms with Crippen LogP contribution in [-0.4, -0.2) is 19.0 Å². The highest BCUT2D eigenvalue weighted by molar-refractivity contribution is 7.89. The van der Waals surface area contributed by atoms with Gasteiger partial charge in [0.25, 0.3) is 0 Å². The zero-order chi connectivity index (χ0) is 18.3. The number of aryl methyl sites for hydroxylation is 1. The van der Waals surface area contributed by atoms with Crippen LogP contribution in [0.2, 0.25) is 0 Å². The predicted octanol–water partition coefficient (Wildman–Crippen LogP) is 3.64. The SMILES string of the molecule is CCc1c2n(c3ccccc13)CC(NS(=O)(=O)c1ccc(F)cc1)CC2. The molecule has 2 heterocycles. The fourth-order valence-corrected chi connectivity index (χ4v) is 5.20. The monoisotopic (exact) mass is 372 g/mol. The van der Waals surface area contributed by atoms with Gasteiger partial charge in [-0.05, 0) is 55.2 Å². The molecule has 1 atom stereocenters. The molecule has 26 heavy (non-hydrogen) atoms. The number of para-hydroxylation sites is 1. The van der Waals surface area contributed by atoms with E-state index in [-0.39, 0.29) is 10.9 Å². The summed E-state index contributed by atoms with van der Waals surface area (Å²) in [5.41, 5.74) is 3.83. The number of halogens is 1. The first-order valence-electron chi connectivity index (χ1n) is 8.86. The number of nitrogens with zero attached hydrogens (tertiary/aromatic N) is 1. The number of fused-ring (bicyclic) bond motifs is 3. The van der Waals surface area contributed by atoms with Crippen LogP contribution in [0.4, 0.5) is 4.39 Å². The molecule has 1 aromatic heterocycles. The van der Waals surface area contributed by atoms with Gasteiger partial charge in [0.05, 0.1) is 4.90 Å². The second-order valence-electron chi connectivity index (χ2n) is 6.72. The second kappa shape index (κ2) is 6.52. The van der Waals surface area contributed by atoms with E-state index in [0.29, 0.717) is 6.54 Å². The number of hydrogen-bond donors (Lipinski definition) is 1. The first-order valence-corrected chi connectivity index (χ1v) is 10.3. The molecule has 3 aromatic rings. The van der Waals surface area contributed by atoms with Gasteiger partial charge in [-0.1, -0.05) is 25.1 Å². The normalized spacial score (nSPS) is 17.4. The van der Waals surface area contributed by atoms with E-state index in [0.717, 1.165) is 24.8 Å². The third-order valence-corrected chi connectivity index (χ3v) is 6.66. The average molecular weight is 372 g/mol. The van der Waals surface area contributed by atoms with Crippen LogP contribution in [0.25, 0.3) is 10.9 Å². The van der Waals surface area contributed by atoms with Gasteiger partial charge in [-0.25, -0.2) is 17.5 Å². The van der Waals surface area contributed by atoms with Gasteiger partial charge in [-0.15, -0.1) is 0 Å². The van der Waals surface area contributed by atoms with E-state index in [1.54, 1.807) is 0 Å². The van der Waals surface area contributed by atoms with Crippen molar-refractivity contribution < 1.29 is 12.8 Å². The van der Waals surface area contributed by atoms with Gasteiger partial charge >= 0.3 is 0 Å². The third-order valence-electron chi connectivity index (χ3n) is 5.13. The van der Waals surface area contributed by atoms with Gasteiger partial charge in [0.1, 0.15) is 5.82 Å². The Balaban J connectivity index is 1.64. The van der Waals surface area contributed by atoms with E-state index in [9.17, 15) is 12.8 Å². The fourth-order valence-electron chi connectivity index (χ4n) is 3.94. The van der Waals surface area contributed by atoms with E-state index >= 15 is 0 Å². The molecule has 1 aliphatic rings. The number of nitrogens with one attached hydrogen (secondary N) is 1. The molecule has 6 heteroatoms. The van der Waals surface area contributed by atoms with Gasteiger partial charge < -0.3 is 4.57 Å². The summed E-state index contributed by atoms with van der Waals surface area (Å²) in [6.07, 6.45) is 2.56. The minimum atomic E-state index is -3.66. The largest absolute Gasteiger partial charge is 0.343 e. The molecule has 1 N–H and O–H groups in total. The van der Waals surface area contributed by atoms with Gasteiger partial charge in [0.15, 0.2) is 0 Å². The Labute approximate surface area is 152 Å². The summed E-state index contributed by atoms with van der Waals surface area (Å²) in [4.78, 5) is 0.0938. The van der Waals surface area contributed by atoms with Crippen molar-refractivity contribution in [2.45, 2.75) is 43.7 Å². The summed E-state index contributed by atoms with van der Waals surface area (Å²) >= 11 is 0. The Kier molecular flexibility index (Phi) is 4.32. The van der Waals surface area contributed by atoms with Crippen molar-refractivity contribution in [2.75, 3.05) is 0 Å². The number of sulfonamides is 1. The molecule has 0 spiro atoms. The van der Waals surface area contributed by atoms with Gasteiger partial charge in [0, 0.05) is 29.2 Å². The van der Waals surface area contributed by atoms with Crippen molar-refractivity contribution >= 4 is 20.9 Å². The smallest absolute Gasteiger partial charge is 0.240 e. The van der Waals surface area contributed by atoms with Crippen LogP contribution in [0.5, 0.6) is 0 Å². The van der Waals surface area contributed by atoms with Gasteiger partial charge in [-0.2, -0.15) is 0 Å². The molecular weight excluding hydrogens is 351 g/mol. The molecule has 2 aromatic carbocycles. The Hall–Kier alpha value is -2.18. The molecule has 0 bridgehead atoms. The Morgan fingerprint density at radius 1 is 1.15 bits per heavy atom. The van der Waals surface area contributed by atoms with Crippen LogP contribution in [0.3, 0.4) is 0 Å². The molecule has 4 rings (SSSR count). The Morgan fingerprint density at radius 3 is 2.62 bits per heavy atom. The second-order valence-corrected chi connectivity index (χ2v) is 8.43. The molecular formula is C20H21FN2O2S. The summed E-state index contributed by atoms with van der Waals surface area (Å²) in [5, 5.41) is 1.26. The maximum atomic E-state index is 13.1. The molecule has 0 saturated carbocycles. The topological polar surface area (TPSA) is 51.1 Å². The van der Waals surface area contributed by atoms with Crippen LogP contribution in [0, 0.1) is 5.82 Å².